The highest BCUT2D eigenvalue weighted by Gasteiger charge is 2.04. The van der Waals surface area contributed by atoms with Crippen molar-refractivity contribution in [3.8, 4) is 0 Å². The van der Waals surface area contributed by atoms with Gasteiger partial charge in [-0.1, -0.05) is 30.7 Å². The first-order valence-corrected chi connectivity index (χ1v) is 6.91. The summed E-state index contributed by atoms with van der Waals surface area (Å²) in [6.07, 6.45) is 2.64. The zero-order chi connectivity index (χ0) is 12.1. The van der Waals surface area contributed by atoms with Crippen molar-refractivity contribution in [2.75, 3.05) is 6.54 Å². The molecule has 1 aromatic heterocycles. The second-order valence-corrected chi connectivity index (χ2v) is 5.20. The van der Waals surface area contributed by atoms with Gasteiger partial charge in [-0.25, -0.2) is 4.98 Å². The van der Waals surface area contributed by atoms with Gasteiger partial charge in [-0.2, -0.15) is 0 Å². The van der Waals surface area contributed by atoms with Gasteiger partial charge in [-0.3, -0.25) is 0 Å². The van der Waals surface area contributed by atoms with Gasteiger partial charge in [0.25, 0.3) is 0 Å². The predicted octanol–water partition coefficient (Wildman–Crippen LogP) is 3.50. The molecule has 0 fully saturated rings. The Hall–Kier alpha value is -0.900. The molecule has 90 valence electrons. The smallest absolute Gasteiger partial charge is 0.0969 e. The third kappa shape index (κ3) is 3.53. The molecule has 0 saturated heterocycles. The molecule has 1 aromatic carbocycles. The Morgan fingerprint density at radius 2 is 2.29 bits per heavy atom. The summed E-state index contributed by atoms with van der Waals surface area (Å²) in [7, 11) is 0. The van der Waals surface area contributed by atoms with Crippen LogP contribution in [0.3, 0.4) is 0 Å². The number of aromatic nitrogens is 1. The summed E-state index contributed by atoms with van der Waals surface area (Å²) in [5.41, 5.74) is 2.36. The van der Waals surface area contributed by atoms with Gasteiger partial charge >= 0.3 is 0 Å². The van der Waals surface area contributed by atoms with E-state index in [4.69, 9.17) is 11.6 Å². The first-order chi connectivity index (χ1) is 8.29. The van der Waals surface area contributed by atoms with E-state index in [0.29, 0.717) is 0 Å². The molecule has 1 heterocycles. The summed E-state index contributed by atoms with van der Waals surface area (Å²) in [4.78, 5) is 4.27. The lowest BCUT2D eigenvalue weighted by atomic mass is 10.1. The maximum atomic E-state index is 6.27. The molecular weight excluding hydrogens is 252 g/mol. The zero-order valence-corrected chi connectivity index (χ0v) is 11.3. The van der Waals surface area contributed by atoms with Gasteiger partial charge in [0.1, 0.15) is 0 Å². The molecule has 0 spiro atoms. The van der Waals surface area contributed by atoms with Crippen LogP contribution in [0.5, 0.6) is 0 Å². The molecule has 2 aromatic rings. The SMILES string of the molecule is CCNCc1ccc(Cc2nccs2)c(Cl)c1. The number of thiazole rings is 1. The van der Waals surface area contributed by atoms with Gasteiger partial charge in [0.2, 0.25) is 0 Å². The van der Waals surface area contributed by atoms with Gasteiger partial charge in [0.15, 0.2) is 0 Å². The number of benzene rings is 1. The maximum Gasteiger partial charge on any atom is 0.0969 e. The molecule has 0 saturated carbocycles. The Morgan fingerprint density at radius 1 is 1.41 bits per heavy atom. The topological polar surface area (TPSA) is 24.9 Å². The summed E-state index contributed by atoms with van der Waals surface area (Å²) in [6.45, 7) is 3.94. The van der Waals surface area contributed by atoms with Crippen LogP contribution in [0.2, 0.25) is 5.02 Å². The molecule has 0 atom stereocenters. The van der Waals surface area contributed by atoms with Crippen molar-refractivity contribution in [2.45, 2.75) is 19.9 Å². The third-order valence-corrected chi connectivity index (χ3v) is 3.65. The predicted molar refractivity (Wildman–Crippen MR) is 73.8 cm³/mol. The monoisotopic (exact) mass is 266 g/mol. The Bertz CT molecular complexity index is 468. The lowest BCUT2D eigenvalue weighted by Crippen LogP contribution is -2.11. The fraction of sp³-hybridized carbons (Fsp3) is 0.308. The summed E-state index contributed by atoms with van der Waals surface area (Å²) in [5, 5.41) is 7.21. The molecule has 0 aliphatic heterocycles. The van der Waals surface area contributed by atoms with Crippen molar-refractivity contribution < 1.29 is 0 Å². The number of hydrogen-bond acceptors (Lipinski definition) is 3. The highest BCUT2D eigenvalue weighted by molar-refractivity contribution is 7.09. The Kier molecular flexibility index (Phi) is 4.54. The van der Waals surface area contributed by atoms with Crippen LogP contribution in [0.15, 0.2) is 29.8 Å². The standard InChI is InChI=1S/C13H15ClN2S/c1-2-15-9-10-3-4-11(12(14)7-10)8-13-16-5-6-17-13/h3-7,15H,2,8-9H2,1H3. The van der Waals surface area contributed by atoms with Crippen LogP contribution in [-0.2, 0) is 13.0 Å². The average molecular weight is 267 g/mol. The van der Waals surface area contributed by atoms with E-state index < -0.39 is 0 Å². The molecule has 0 bridgehead atoms. The van der Waals surface area contributed by atoms with Crippen molar-refractivity contribution >= 4 is 22.9 Å². The molecule has 0 aliphatic carbocycles. The van der Waals surface area contributed by atoms with Crippen LogP contribution >= 0.6 is 22.9 Å². The molecule has 2 nitrogen and oxygen atoms in total. The number of rotatable bonds is 5. The molecule has 2 rings (SSSR count). The fourth-order valence-corrected chi connectivity index (χ4v) is 2.53. The van der Waals surface area contributed by atoms with Crippen LogP contribution in [0.25, 0.3) is 0 Å². The van der Waals surface area contributed by atoms with Gasteiger partial charge < -0.3 is 5.32 Å². The maximum absolute atomic E-state index is 6.27. The van der Waals surface area contributed by atoms with Crippen molar-refractivity contribution in [3.63, 3.8) is 0 Å². The number of nitrogens with zero attached hydrogens (tertiary/aromatic N) is 1. The van der Waals surface area contributed by atoms with Crippen molar-refractivity contribution in [1.29, 1.82) is 0 Å². The van der Waals surface area contributed by atoms with Gasteiger partial charge in [-0.05, 0) is 23.7 Å². The first kappa shape index (κ1) is 12.6. The van der Waals surface area contributed by atoms with Crippen molar-refractivity contribution in [1.82, 2.24) is 10.3 Å². The lowest BCUT2D eigenvalue weighted by molar-refractivity contribution is 0.726. The highest BCUT2D eigenvalue weighted by atomic mass is 35.5. The van der Waals surface area contributed by atoms with E-state index in [0.717, 1.165) is 35.1 Å². The summed E-state index contributed by atoms with van der Waals surface area (Å²) >= 11 is 7.94. The number of halogens is 1. The van der Waals surface area contributed by atoms with E-state index in [9.17, 15) is 0 Å². The molecule has 0 aliphatic rings. The van der Waals surface area contributed by atoms with Crippen LogP contribution in [0, 0.1) is 0 Å². The van der Waals surface area contributed by atoms with E-state index in [1.165, 1.54) is 5.56 Å². The van der Waals surface area contributed by atoms with E-state index in [1.807, 2.05) is 17.6 Å². The van der Waals surface area contributed by atoms with Crippen molar-refractivity contribution in [2.24, 2.45) is 0 Å². The van der Waals surface area contributed by atoms with E-state index >= 15 is 0 Å². The average Bonchev–Trinajstić information content (AvgIpc) is 2.82. The second kappa shape index (κ2) is 6.15. The van der Waals surface area contributed by atoms with Gasteiger partial charge in [0, 0.05) is 29.6 Å². The largest absolute Gasteiger partial charge is 0.313 e. The molecule has 17 heavy (non-hydrogen) atoms. The quantitative estimate of drug-likeness (QED) is 0.896. The minimum Gasteiger partial charge on any atom is -0.313 e. The lowest BCUT2D eigenvalue weighted by Gasteiger charge is -2.06. The Morgan fingerprint density at radius 3 is 2.94 bits per heavy atom. The van der Waals surface area contributed by atoms with E-state index in [2.05, 4.69) is 29.4 Å². The van der Waals surface area contributed by atoms with E-state index in [1.54, 1.807) is 11.3 Å². The fourth-order valence-electron chi connectivity index (χ4n) is 1.62. The molecule has 0 radical (unpaired) electrons. The third-order valence-electron chi connectivity index (χ3n) is 2.52. The zero-order valence-electron chi connectivity index (χ0n) is 9.74. The number of hydrogen-bond donors (Lipinski definition) is 1. The Labute approximate surface area is 111 Å². The van der Waals surface area contributed by atoms with E-state index in [-0.39, 0.29) is 0 Å². The normalized spacial score (nSPS) is 10.7. The van der Waals surface area contributed by atoms with Crippen LogP contribution in [0.1, 0.15) is 23.1 Å². The summed E-state index contributed by atoms with van der Waals surface area (Å²) < 4.78 is 0. The van der Waals surface area contributed by atoms with Crippen LogP contribution in [-0.4, -0.2) is 11.5 Å². The van der Waals surface area contributed by atoms with Gasteiger partial charge in [0.05, 0.1) is 5.01 Å². The molecule has 0 amide bonds. The van der Waals surface area contributed by atoms with Gasteiger partial charge in [-0.15, -0.1) is 11.3 Å². The Balaban J connectivity index is 2.09. The van der Waals surface area contributed by atoms with Crippen LogP contribution in [0.4, 0.5) is 0 Å². The first-order valence-electron chi connectivity index (χ1n) is 5.66. The molecule has 1 N–H and O–H groups in total. The summed E-state index contributed by atoms with van der Waals surface area (Å²) in [5.74, 6) is 0. The second-order valence-electron chi connectivity index (χ2n) is 3.81. The minimum absolute atomic E-state index is 0.817. The van der Waals surface area contributed by atoms with Crippen molar-refractivity contribution in [3.05, 3.63) is 50.9 Å². The number of nitrogens with one attached hydrogen (secondary N) is 1. The molecule has 4 heteroatoms. The molecular formula is C13H15ClN2S. The summed E-state index contributed by atoms with van der Waals surface area (Å²) in [6, 6.07) is 6.25. The highest BCUT2D eigenvalue weighted by Crippen LogP contribution is 2.21. The molecule has 0 unspecified atom stereocenters. The minimum atomic E-state index is 0.817. The van der Waals surface area contributed by atoms with Crippen LogP contribution < -0.4 is 5.32 Å².